The Bertz CT molecular complexity index is 290. The van der Waals surface area contributed by atoms with E-state index >= 15 is 0 Å². The van der Waals surface area contributed by atoms with Crippen LogP contribution in [0, 0.1) is 23.7 Å². The molecule has 0 heteroatoms. The van der Waals surface area contributed by atoms with Crippen molar-refractivity contribution in [1.82, 2.24) is 0 Å². The molecule has 1 rings (SSSR count). The second kappa shape index (κ2) is 9.26. The zero-order chi connectivity index (χ0) is 13.2. The Hall–Kier alpha value is -0.700. The summed E-state index contributed by atoms with van der Waals surface area (Å²) in [6, 6.07) is 0. The molecule has 0 bridgehead atoms. The van der Waals surface area contributed by atoms with E-state index in [4.69, 9.17) is 0 Å². The molecule has 0 aromatic rings. The Morgan fingerprint density at radius 3 is 2.44 bits per heavy atom. The molecule has 0 N–H and O–H groups in total. The molecule has 1 saturated carbocycles. The van der Waals surface area contributed by atoms with Gasteiger partial charge in [-0.3, -0.25) is 0 Å². The summed E-state index contributed by atoms with van der Waals surface area (Å²) in [6.45, 7) is 6.71. The van der Waals surface area contributed by atoms with Gasteiger partial charge in [-0.05, 0) is 44.4 Å². The molecule has 1 unspecified atom stereocenters. The van der Waals surface area contributed by atoms with Gasteiger partial charge in [0.1, 0.15) is 0 Å². The first-order valence-corrected chi connectivity index (χ1v) is 7.98. The average Bonchev–Trinajstić information content (AvgIpc) is 2.42. The van der Waals surface area contributed by atoms with Crippen LogP contribution in [0.2, 0.25) is 0 Å². The summed E-state index contributed by atoms with van der Waals surface area (Å²) in [4.78, 5) is 0. The van der Waals surface area contributed by atoms with E-state index in [0.29, 0.717) is 5.92 Å². The van der Waals surface area contributed by atoms with Gasteiger partial charge in [-0.1, -0.05) is 51.2 Å². The molecule has 1 atom stereocenters. The first kappa shape index (κ1) is 15.4. The quantitative estimate of drug-likeness (QED) is 0.429. The lowest BCUT2D eigenvalue weighted by atomic mass is 9.76. The number of rotatable bonds is 5. The zero-order valence-electron chi connectivity index (χ0n) is 12.6. The Morgan fingerprint density at radius 2 is 1.89 bits per heavy atom. The van der Waals surface area contributed by atoms with E-state index in [9.17, 15) is 0 Å². The van der Waals surface area contributed by atoms with Crippen LogP contribution in [0.3, 0.4) is 0 Å². The van der Waals surface area contributed by atoms with Crippen LogP contribution in [0.25, 0.3) is 0 Å². The first-order valence-electron chi connectivity index (χ1n) is 7.98. The van der Waals surface area contributed by atoms with Crippen molar-refractivity contribution in [2.24, 2.45) is 11.8 Å². The molecule has 0 nitrogen and oxygen atoms in total. The van der Waals surface area contributed by atoms with E-state index in [2.05, 4.69) is 38.7 Å². The van der Waals surface area contributed by atoms with Gasteiger partial charge in [0, 0.05) is 12.3 Å². The Morgan fingerprint density at radius 1 is 1.17 bits per heavy atom. The lowest BCUT2D eigenvalue weighted by molar-refractivity contribution is 0.312. The Labute approximate surface area is 114 Å². The molecule has 1 fully saturated rings. The molecule has 0 aromatic heterocycles. The SMILES string of the molecule is CCC#CC(CCC)C1CCC(=CCCC)CC1. The zero-order valence-corrected chi connectivity index (χ0v) is 12.6. The van der Waals surface area contributed by atoms with Crippen LogP contribution in [0.5, 0.6) is 0 Å². The van der Waals surface area contributed by atoms with Crippen LogP contribution >= 0.6 is 0 Å². The van der Waals surface area contributed by atoms with Crippen molar-refractivity contribution >= 4 is 0 Å². The molecule has 102 valence electrons. The minimum Gasteiger partial charge on any atom is -0.103 e. The fourth-order valence-electron chi connectivity index (χ4n) is 2.94. The minimum absolute atomic E-state index is 0.669. The van der Waals surface area contributed by atoms with Crippen molar-refractivity contribution in [2.45, 2.75) is 78.6 Å². The summed E-state index contributed by atoms with van der Waals surface area (Å²) in [5.41, 5.74) is 1.71. The normalized spacial score (nSPS) is 21.1. The maximum absolute atomic E-state index is 3.53. The minimum atomic E-state index is 0.669. The maximum Gasteiger partial charge on any atom is 0.0231 e. The number of unbranched alkanes of at least 4 members (excludes halogenated alkanes) is 1. The van der Waals surface area contributed by atoms with Gasteiger partial charge >= 0.3 is 0 Å². The van der Waals surface area contributed by atoms with Crippen molar-refractivity contribution in [3.05, 3.63) is 11.6 Å². The van der Waals surface area contributed by atoms with E-state index in [1.807, 2.05) is 0 Å². The van der Waals surface area contributed by atoms with Crippen LogP contribution in [0.1, 0.15) is 78.6 Å². The summed E-state index contributed by atoms with van der Waals surface area (Å²) in [5, 5.41) is 0. The van der Waals surface area contributed by atoms with E-state index in [1.165, 1.54) is 51.4 Å². The highest BCUT2D eigenvalue weighted by Gasteiger charge is 2.23. The molecule has 0 aliphatic heterocycles. The van der Waals surface area contributed by atoms with Crippen molar-refractivity contribution in [2.75, 3.05) is 0 Å². The van der Waals surface area contributed by atoms with Gasteiger partial charge < -0.3 is 0 Å². The smallest absolute Gasteiger partial charge is 0.0231 e. The van der Waals surface area contributed by atoms with Crippen LogP contribution in [0.4, 0.5) is 0 Å². The highest BCUT2D eigenvalue weighted by atomic mass is 14.3. The van der Waals surface area contributed by atoms with Crippen LogP contribution < -0.4 is 0 Å². The topological polar surface area (TPSA) is 0 Å². The Balaban J connectivity index is 2.48. The van der Waals surface area contributed by atoms with Crippen molar-refractivity contribution in [3.63, 3.8) is 0 Å². The summed E-state index contributed by atoms with van der Waals surface area (Å²) < 4.78 is 0. The van der Waals surface area contributed by atoms with Crippen LogP contribution in [-0.4, -0.2) is 0 Å². The number of hydrogen-bond donors (Lipinski definition) is 0. The average molecular weight is 246 g/mol. The predicted molar refractivity (Wildman–Crippen MR) is 81.4 cm³/mol. The standard InChI is InChI=1S/C18H30/c1-4-7-10-16-12-14-18(15-13-16)17(9-6-3)11-8-5-2/h10,17-18H,4-7,9,12-15H2,1-3H3. The second-order valence-electron chi connectivity index (χ2n) is 5.56. The molecule has 1 aliphatic rings. The van der Waals surface area contributed by atoms with Crippen LogP contribution in [-0.2, 0) is 0 Å². The molecule has 0 spiro atoms. The van der Waals surface area contributed by atoms with E-state index < -0.39 is 0 Å². The van der Waals surface area contributed by atoms with Gasteiger partial charge in [0.25, 0.3) is 0 Å². The summed E-state index contributed by atoms with van der Waals surface area (Å²) in [7, 11) is 0. The molecule has 18 heavy (non-hydrogen) atoms. The highest BCUT2D eigenvalue weighted by molar-refractivity contribution is 5.10. The van der Waals surface area contributed by atoms with Gasteiger partial charge in [-0.25, -0.2) is 0 Å². The van der Waals surface area contributed by atoms with Crippen molar-refractivity contribution in [3.8, 4) is 11.8 Å². The molecule has 0 heterocycles. The molecule has 0 radical (unpaired) electrons. The molecule has 1 aliphatic carbocycles. The number of allylic oxidation sites excluding steroid dienone is 2. The molecule has 0 amide bonds. The third kappa shape index (κ3) is 5.30. The molecule has 0 saturated heterocycles. The van der Waals surface area contributed by atoms with Crippen molar-refractivity contribution < 1.29 is 0 Å². The highest BCUT2D eigenvalue weighted by Crippen LogP contribution is 2.35. The van der Waals surface area contributed by atoms with Crippen LogP contribution in [0.15, 0.2) is 11.6 Å². The predicted octanol–water partition coefficient (Wildman–Crippen LogP) is 5.73. The van der Waals surface area contributed by atoms with E-state index in [0.717, 1.165) is 12.3 Å². The summed E-state index contributed by atoms with van der Waals surface area (Å²) in [5.74, 6) is 8.37. The van der Waals surface area contributed by atoms with Gasteiger partial charge in [-0.2, -0.15) is 0 Å². The summed E-state index contributed by atoms with van der Waals surface area (Å²) >= 11 is 0. The van der Waals surface area contributed by atoms with Gasteiger partial charge in [0.15, 0.2) is 0 Å². The maximum atomic E-state index is 3.53. The van der Waals surface area contributed by atoms with E-state index in [1.54, 1.807) is 5.57 Å². The molecular weight excluding hydrogens is 216 g/mol. The van der Waals surface area contributed by atoms with E-state index in [-0.39, 0.29) is 0 Å². The third-order valence-electron chi connectivity index (χ3n) is 4.03. The van der Waals surface area contributed by atoms with Gasteiger partial charge in [0.2, 0.25) is 0 Å². The monoisotopic (exact) mass is 246 g/mol. The van der Waals surface area contributed by atoms with Crippen molar-refractivity contribution in [1.29, 1.82) is 0 Å². The largest absolute Gasteiger partial charge is 0.103 e. The molecule has 0 aromatic carbocycles. The molecular formula is C18H30. The lowest BCUT2D eigenvalue weighted by Gasteiger charge is -2.28. The first-order chi connectivity index (χ1) is 8.81. The number of hydrogen-bond acceptors (Lipinski definition) is 0. The van der Waals surface area contributed by atoms with Gasteiger partial charge in [-0.15, -0.1) is 5.92 Å². The van der Waals surface area contributed by atoms with Gasteiger partial charge in [0.05, 0.1) is 0 Å². The Kier molecular flexibility index (Phi) is 7.90. The fourth-order valence-corrected chi connectivity index (χ4v) is 2.94. The third-order valence-corrected chi connectivity index (χ3v) is 4.03. The fraction of sp³-hybridized carbons (Fsp3) is 0.778. The second-order valence-corrected chi connectivity index (χ2v) is 5.56. The lowest BCUT2D eigenvalue weighted by Crippen LogP contribution is -2.17. The summed E-state index contributed by atoms with van der Waals surface area (Å²) in [6.07, 6.45) is 14.0.